The Balaban J connectivity index is 1.50. The average molecular weight is 774 g/mol. The fourth-order valence-electron chi connectivity index (χ4n) is 5.89. The van der Waals surface area contributed by atoms with Gasteiger partial charge in [0.1, 0.15) is 23.9 Å². The third-order valence-corrected chi connectivity index (χ3v) is 9.72. The molecule has 3 amide bonds. The molecule has 9 atom stereocenters. The summed E-state index contributed by atoms with van der Waals surface area (Å²) in [6.45, 7) is 10.4. The number of carbonyl (C=O) groups is 4. The summed E-state index contributed by atoms with van der Waals surface area (Å²) >= 11 is 2.03. The normalized spacial score (nSPS) is 31.5. The van der Waals surface area contributed by atoms with E-state index in [4.69, 9.17) is 18.9 Å². The highest BCUT2D eigenvalue weighted by atomic mass is 127. The maximum absolute atomic E-state index is 13.0. The number of nitrogens with one attached hydrogen (secondary N) is 1. The van der Waals surface area contributed by atoms with Crippen molar-refractivity contribution >= 4 is 46.3 Å². The molecule has 3 rings (SSSR count). The highest BCUT2D eigenvalue weighted by Gasteiger charge is 2.58. The van der Waals surface area contributed by atoms with E-state index < -0.39 is 36.0 Å². The Morgan fingerprint density at radius 3 is 2.36 bits per heavy atom. The third-order valence-electron chi connectivity index (χ3n) is 9.06. The maximum Gasteiger partial charge on any atom is 0.303 e. The van der Waals surface area contributed by atoms with Gasteiger partial charge in [0.25, 0.3) is 0 Å². The highest BCUT2D eigenvalue weighted by Crippen LogP contribution is 2.43. The topological polar surface area (TPSA) is 147 Å². The van der Waals surface area contributed by atoms with Gasteiger partial charge in [-0.25, -0.2) is 0 Å². The number of amides is 3. The minimum absolute atomic E-state index is 0.0200. The van der Waals surface area contributed by atoms with Crippen molar-refractivity contribution in [3.63, 3.8) is 0 Å². The first-order valence-electron chi connectivity index (χ1n) is 16.3. The number of epoxide rings is 1. The van der Waals surface area contributed by atoms with E-state index in [2.05, 4.69) is 18.3 Å². The average Bonchev–Trinajstić information content (AvgIpc) is 3.79. The maximum atomic E-state index is 13.0. The van der Waals surface area contributed by atoms with Gasteiger partial charge in [0.05, 0.1) is 41.8 Å². The Bertz CT molecular complexity index is 1200. The van der Waals surface area contributed by atoms with Crippen molar-refractivity contribution in [1.29, 1.82) is 0 Å². The largest absolute Gasteiger partial charge is 0.459 e. The predicted molar refractivity (Wildman–Crippen MR) is 185 cm³/mol. The SMILES string of the molecule is CC(=O)OC(C)C=CC(=O)N[C@@H]1C[C@H](C)[C@H](C/C=C(C)/C=C/[C@H]2O[C@H](CC(=O)N(C)CCN(C)C(=O)CI)C[C@@]3(CO3)[C@@H]2O)O[C@@H]1C. The summed E-state index contributed by atoms with van der Waals surface area (Å²) in [5.74, 6) is -0.521. The van der Waals surface area contributed by atoms with E-state index in [0.717, 1.165) is 12.0 Å². The van der Waals surface area contributed by atoms with E-state index in [-0.39, 0.29) is 48.3 Å². The Labute approximate surface area is 292 Å². The van der Waals surface area contributed by atoms with E-state index >= 15 is 0 Å². The Kier molecular flexibility index (Phi) is 14.9. The van der Waals surface area contributed by atoms with Gasteiger partial charge in [-0.3, -0.25) is 19.2 Å². The van der Waals surface area contributed by atoms with Crippen LogP contribution in [-0.4, -0.2) is 125 Å². The van der Waals surface area contributed by atoms with Gasteiger partial charge in [0.15, 0.2) is 0 Å². The first-order chi connectivity index (χ1) is 22.1. The molecule has 0 aliphatic carbocycles. The van der Waals surface area contributed by atoms with Crippen molar-refractivity contribution < 1.29 is 43.2 Å². The lowest BCUT2D eigenvalue weighted by Crippen LogP contribution is -2.51. The number of rotatable bonds is 14. The van der Waals surface area contributed by atoms with E-state index in [1.807, 2.05) is 48.6 Å². The van der Waals surface area contributed by atoms with Crippen molar-refractivity contribution in [2.75, 3.05) is 38.2 Å². The number of hydrogen-bond donors (Lipinski definition) is 2. The van der Waals surface area contributed by atoms with Crippen LogP contribution < -0.4 is 5.32 Å². The molecule has 0 aromatic heterocycles. The molecule has 1 spiro atoms. The monoisotopic (exact) mass is 773 g/mol. The van der Waals surface area contributed by atoms with Crippen LogP contribution in [0.25, 0.3) is 0 Å². The van der Waals surface area contributed by atoms with Crippen LogP contribution in [0.3, 0.4) is 0 Å². The number of ether oxygens (including phenoxy) is 4. The molecule has 47 heavy (non-hydrogen) atoms. The van der Waals surface area contributed by atoms with Gasteiger partial charge >= 0.3 is 5.97 Å². The van der Waals surface area contributed by atoms with Crippen molar-refractivity contribution in [1.82, 2.24) is 15.1 Å². The number of aliphatic hydroxyl groups is 1. The number of halogens is 1. The van der Waals surface area contributed by atoms with Gasteiger partial charge in [-0.1, -0.05) is 53.3 Å². The first kappa shape index (κ1) is 39.1. The summed E-state index contributed by atoms with van der Waals surface area (Å²) in [6, 6.07) is -0.139. The second kappa shape index (κ2) is 17.9. The lowest BCUT2D eigenvalue weighted by Gasteiger charge is -2.39. The van der Waals surface area contributed by atoms with Crippen LogP contribution in [0.1, 0.15) is 60.3 Å². The second-order valence-electron chi connectivity index (χ2n) is 13.1. The molecule has 3 heterocycles. The summed E-state index contributed by atoms with van der Waals surface area (Å²) < 4.78 is 23.6. The van der Waals surface area contributed by atoms with Gasteiger partial charge in [0, 0.05) is 46.6 Å². The fourth-order valence-corrected chi connectivity index (χ4v) is 6.47. The highest BCUT2D eigenvalue weighted by molar-refractivity contribution is 14.1. The zero-order valence-electron chi connectivity index (χ0n) is 28.6. The summed E-state index contributed by atoms with van der Waals surface area (Å²) in [5.41, 5.74) is 0.297. The summed E-state index contributed by atoms with van der Waals surface area (Å²) in [5, 5.41) is 14.0. The Morgan fingerprint density at radius 2 is 1.74 bits per heavy atom. The molecule has 3 aliphatic rings. The van der Waals surface area contributed by atoms with Gasteiger partial charge in [-0.2, -0.15) is 0 Å². The van der Waals surface area contributed by atoms with Gasteiger partial charge in [-0.05, 0) is 45.6 Å². The smallest absolute Gasteiger partial charge is 0.303 e. The minimum Gasteiger partial charge on any atom is -0.459 e. The quantitative estimate of drug-likeness (QED) is 0.0680. The minimum atomic E-state index is -0.835. The van der Waals surface area contributed by atoms with E-state index in [1.165, 1.54) is 13.0 Å². The van der Waals surface area contributed by atoms with Crippen LogP contribution in [-0.2, 0) is 38.1 Å². The second-order valence-corrected chi connectivity index (χ2v) is 13.9. The molecule has 3 fully saturated rings. The number of hydrogen-bond acceptors (Lipinski definition) is 9. The molecule has 0 radical (unpaired) electrons. The summed E-state index contributed by atoms with van der Waals surface area (Å²) in [4.78, 5) is 51.5. The number of allylic oxidation sites excluding steroid dienone is 2. The van der Waals surface area contributed by atoms with Gasteiger partial charge in [0.2, 0.25) is 17.7 Å². The molecule has 0 bridgehead atoms. The molecule has 13 heteroatoms. The molecule has 264 valence electrons. The van der Waals surface area contributed by atoms with Crippen LogP contribution >= 0.6 is 22.6 Å². The summed E-state index contributed by atoms with van der Waals surface area (Å²) in [7, 11) is 3.45. The van der Waals surface area contributed by atoms with E-state index in [0.29, 0.717) is 37.0 Å². The standard InChI is InChI=1S/C34H52IN3O9/c1-21(8-11-28-22(2)16-27(24(4)46-28)36-30(40)13-10-23(3)45-25(5)39)9-12-29-33(43)34(20-44-34)18-26(47-29)17-31(41)37(6)14-15-38(7)32(42)19-35/h8-10,12-13,22-24,26-29,33,43H,11,14-20H2,1-7H3,(H,36,40)/b12-9+,13-10?,21-8+/t22-,23?,24+,26+,27+,28-,29+,33+,34+/m0/s1. The van der Waals surface area contributed by atoms with Crippen LogP contribution in [0.15, 0.2) is 36.0 Å². The van der Waals surface area contributed by atoms with Crippen molar-refractivity contribution in [2.45, 2.75) is 109 Å². The number of aliphatic hydroxyl groups excluding tert-OH is 1. The van der Waals surface area contributed by atoms with Crippen molar-refractivity contribution in [3.05, 3.63) is 36.0 Å². The lowest BCUT2D eigenvalue weighted by atomic mass is 9.87. The molecule has 0 aromatic carbocycles. The number of carbonyl (C=O) groups excluding carboxylic acids is 4. The van der Waals surface area contributed by atoms with Gasteiger partial charge < -0.3 is 39.2 Å². The van der Waals surface area contributed by atoms with E-state index in [1.54, 1.807) is 36.9 Å². The van der Waals surface area contributed by atoms with Crippen LogP contribution in [0.2, 0.25) is 0 Å². The third kappa shape index (κ3) is 11.9. The Morgan fingerprint density at radius 1 is 1.09 bits per heavy atom. The molecule has 12 nitrogen and oxygen atoms in total. The first-order valence-corrected chi connectivity index (χ1v) is 17.8. The van der Waals surface area contributed by atoms with Gasteiger partial charge in [-0.15, -0.1) is 0 Å². The van der Waals surface area contributed by atoms with Crippen LogP contribution in [0.4, 0.5) is 0 Å². The zero-order valence-corrected chi connectivity index (χ0v) is 30.8. The van der Waals surface area contributed by atoms with Crippen LogP contribution in [0, 0.1) is 5.92 Å². The molecular formula is C34H52IN3O9. The molecule has 3 aliphatic heterocycles. The summed E-state index contributed by atoms with van der Waals surface area (Å²) in [6.07, 6.45) is 8.30. The van der Waals surface area contributed by atoms with E-state index in [9.17, 15) is 24.3 Å². The molecule has 0 saturated carbocycles. The Hall–Kier alpha value is -2.33. The number of likely N-dealkylation sites (N-methyl/N-ethyl adjacent to an activating group) is 2. The predicted octanol–water partition coefficient (Wildman–Crippen LogP) is 2.71. The number of esters is 1. The number of nitrogens with zero attached hydrogens (tertiary/aromatic N) is 2. The van der Waals surface area contributed by atoms with Crippen molar-refractivity contribution in [3.8, 4) is 0 Å². The lowest BCUT2D eigenvalue weighted by molar-refractivity contribution is -0.150. The van der Waals surface area contributed by atoms with Crippen molar-refractivity contribution in [2.24, 2.45) is 5.92 Å². The van der Waals surface area contributed by atoms with Crippen LogP contribution in [0.5, 0.6) is 0 Å². The fraction of sp³-hybridized carbons (Fsp3) is 0.706. The molecule has 3 saturated heterocycles. The zero-order chi connectivity index (χ0) is 34.9. The number of alkyl halides is 1. The molecule has 1 unspecified atom stereocenters. The molecule has 0 aromatic rings. The molecular weight excluding hydrogens is 721 g/mol. The molecule has 2 N–H and O–H groups in total.